The highest BCUT2D eigenvalue weighted by Gasteiger charge is 2.42. The number of nitrogens with one attached hydrogen (secondary N) is 1. The monoisotopic (exact) mass is 391 g/mol. The average Bonchev–Trinajstić information content (AvgIpc) is 2.85. The molecule has 0 aliphatic carbocycles. The molecule has 0 radical (unpaired) electrons. The first-order valence-corrected chi connectivity index (χ1v) is 9.47. The Labute approximate surface area is 153 Å². The molecule has 0 aromatic carbocycles. The van der Waals surface area contributed by atoms with Crippen LogP contribution in [0.25, 0.3) is 0 Å². The molecular formula is C15H22FN3O6S. The van der Waals surface area contributed by atoms with Crippen LogP contribution >= 0.6 is 11.8 Å². The second-order valence-electron chi connectivity index (χ2n) is 5.80. The van der Waals surface area contributed by atoms with Gasteiger partial charge in [-0.1, -0.05) is 0 Å². The van der Waals surface area contributed by atoms with E-state index in [1.165, 1.54) is 6.92 Å². The quantitative estimate of drug-likeness (QED) is 0.581. The maximum atomic E-state index is 14.2. The number of nitrogens with zero attached hydrogens (tertiary/aromatic N) is 2. The molecule has 1 aromatic heterocycles. The van der Waals surface area contributed by atoms with Crippen LogP contribution in [0.15, 0.2) is 11.0 Å². The minimum absolute atomic E-state index is 0.170. The topological polar surface area (TPSA) is 123 Å². The van der Waals surface area contributed by atoms with Crippen molar-refractivity contribution in [2.45, 2.75) is 44.3 Å². The molecule has 26 heavy (non-hydrogen) atoms. The van der Waals surface area contributed by atoms with E-state index in [9.17, 15) is 24.2 Å². The molecule has 1 aliphatic rings. The van der Waals surface area contributed by atoms with Crippen molar-refractivity contribution in [1.82, 2.24) is 9.55 Å². The highest BCUT2D eigenvalue weighted by Crippen LogP contribution is 2.28. The summed E-state index contributed by atoms with van der Waals surface area (Å²) in [5, 5.41) is 21.7. The Balaban J connectivity index is 2.01. The fourth-order valence-corrected chi connectivity index (χ4v) is 2.91. The van der Waals surface area contributed by atoms with Crippen molar-refractivity contribution < 1.29 is 28.9 Å². The molecule has 1 amide bonds. The van der Waals surface area contributed by atoms with Crippen molar-refractivity contribution in [3.05, 3.63) is 22.5 Å². The van der Waals surface area contributed by atoms with E-state index in [-0.39, 0.29) is 6.61 Å². The van der Waals surface area contributed by atoms with Crippen molar-refractivity contribution in [3.8, 4) is 0 Å². The molecule has 4 atom stereocenters. The third kappa shape index (κ3) is 4.93. The van der Waals surface area contributed by atoms with Crippen LogP contribution in [0.5, 0.6) is 0 Å². The van der Waals surface area contributed by atoms with Gasteiger partial charge in [-0.05, 0) is 31.8 Å². The minimum atomic E-state index is -1.41. The fraction of sp³-hybridized carbons (Fsp3) is 0.667. The van der Waals surface area contributed by atoms with Crippen LogP contribution in [0.2, 0.25) is 0 Å². The fourth-order valence-electron chi connectivity index (χ4n) is 2.42. The molecular weight excluding hydrogens is 369 g/mol. The Bertz CT molecular complexity index is 688. The summed E-state index contributed by atoms with van der Waals surface area (Å²) in [7, 11) is 0. The van der Waals surface area contributed by atoms with Gasteiger partial charge in [0.1, 0.15) is 12.2 Å². The van der Waals surface area contributed by atoms with Crippen molar-refractivity contribution >= 4 is 23.7 Å². The number of amides is 1. The number of rotatable bonds is 7. The third-order valence-electron chi connectivity index (χ3n) is 3.85. The first-order chi connectivity index (χ1) is 12.3. The van der Waals surface area contributed by atoms with Crippen LogP contribution in [0.3, 0.4) is 0 Å². The van der Waals surface area contributed by atoms with Gasteiger partial charge in [-0.15, -0.1) is 0 Å². The molecule has 146 valence electrons. The highest BCUT2D eigenvalue weighted by atomic mass is 32.2. The first-order valence-electron chi connectivity index (χ1n) is 8.08. The SMILES string of the molecule is CSCCCCOC(=O)Nc1nc(=O)n(C2OC(C)C(O)C2O)cc1F. The Morgan fingerprint density at radius 1 is 1.46 bits per heavy atom. The second kappa shape index (κ2) is 9.31. The van der Waals surface area contributed by atoms with Crippen molar-refractivity contribution in [2.75, 3.05) is 23.9 Å². The summed E-state index contributed by atoms with van der Waals surface area (Å²) in [6, 6.07) is 0. The Hall–Kier alpha value is -1.69. The van der Waals surface area contributed by atoms with E-state index >= 15 is 0 Å². The number of carbonyl (C=O) groups is 1. The number of aromatic nitrogens is 2. The van der Waals surface area contributed by atoms with E-state index in [1.54, 1.807) is 11.8 Å². The van der Waals surface area contributed by atoms with Gasteiger partial charge in [-0.2, -0.15) is 16.7 Å². The lowest BCUT2D eigenvalue weighted by Crippen LogP contribution is -2.36. The number of hydrogen-bond donors (Lipinski definition) is 3. The zero-order chi connectivity index (χ0) is 19.3. The number of aliphatic hydroxyl groups is 2. The lowest BCUT2D eigenvalue weighted by atomic mass is 10.1. The van der Waals surface area contributed by atoms with Gasteiger partial charge >= 0.3 is 11.8 Å². The van der Waals surface area contributed by atoms with Crippen molar-refractivity contribution in [1.29, 1.82) is 0 Å². The van der Waals surface area contributed by atoms with Gasteiger partial charge < -0.3 is 19.7 Å². The van der Waals surface area contributed by atoms with Crippen LogP contribution in [0, 0.1) is 5.82 Å². The molecule has 2 heterocycles. The van der Waals surface area contributed by atoms with E-state index in [2.05, 4.69) is 10.3 Å². The molecule has 1 aliphatic heterocycles. The third-order valence-corrected chi connectivity index (χ3v) is 4.55. The van der Waals surface area contributed by atoms with Crippen LogP contribution < -0.4 is 11.0 Å². The van der Waals surface area contributed by atoms with E-state index in [0.717, 1.165) is 22.9 Å². The summed E-state index contributed by atoms with van der Waals surface area (Å²) in [6.07, 6.45) is -1.27. The summed E-state index contributed by atoms with van der Waals surface area (Å²) in [5.41, 5.74) is -0.952. The average molecular weight is 391 g/mol. The number of unbranched alkanes of at least 4 members (excludes halogenated alkanes) is 1. The summed E-state index contributed by atoms with van der Waals surface area (Å²) < 4.78 is 25.0. The minimum Gasteiger partial charge on any atom is -0.449 e. The van der Waals surface area contributed by atoms with Crippen molar-refractivity contribution in [3.63, 3.8) is 0 Å². The second-order valence-corrected chi connectivity index (χ2v) is 6.79. The lowest BCUT2D eigenvalue weighted by Gasteiger charge is -2.17. The number of ether oxygens (including phenoxy) is 2. The molecule has 2 rings (SSSR count). The van der Waals surface area contributed by atoms with Gasteiger partial charge in [-0.3, -0.25) is 9.88 Å². The Morgan fingerprint density at radius 2 is 2.19 bits per heavy atom. The predicted molar refractivity (Wildman–Crippen MR) is 92.6 cm³/mol. The molecule has 11 heteroatoms. The maximum Gasteiger partial charge on any atom is 0.412 e. The number of anilines is 1. The molecule has 4 unspecified atom stereocenters. The summed E-state index contributed by atoms with van der Waals surface area (Å²) in [6.45, 7) is 1.68. The summed E-state index contributed by atoms with van der Waals surface area (Å²) >= 11 is 1.68. The largest absolute Gasteiger partial charge is 0.449 e. The molecule has 1 fully saturated rings. The molecule has 3 N–H and O–H groups in total. The lowest BCUT2D eigenvalue weighted by molar-refractivity contribution is -0.0355. The zero-order valence-corrected chi connectivity index (χ0v) is 15.2. The van der Waals surface area contributed by atoms with Crippen molar-refractivity contribution in [2.24, 2.45) is 0 Å². The smallest absolute Gasteiger partial charge is 0.412 e. The van der Waals surface area contributed by atoms with Gasteiger partial charge in [0, 0.05) is 0 Å². The zero-order valence-electron chi connectivity index (χ0n) is 14.4. The molecule has 0 saturated carbocycles. The number of hydrogen-bond acceptors (Lipinski definition) is 8. The van der Waals surface area contributed by atoms with E-state index in [0.29, 0.717) is 6.42 Å². The van der Waals surface area contributed by atoms with E-state index < -0.39 is 48.0 Å². The van der Waals surface area contributed by atoms with E-state index in [4.69, 9.17) is 9.47 Å². The van der Waals surface area contributed by atoms with Gasteiger partial charge in [0.25, 0.3) is 0 Å². The normalized spacial score (nSPS) is 25.3. The molecule has 9 nitrogen and oxygen atoms in total. The number of halogens is 1. The number of carbonyl (C=O) groups excluding carboxylic acids is 1. The first kappa shape index (κ1) is 20.6. The van der Waals surface area contributed by atoms with Crippen LogP contribution in [-0.2, 0) is 9.47 Å². The molecule has 0 spiro atoms. The van der Waals surface area contributed by atoms with Crippen LogP contribution in [0.4, 0.5) is 15.0 Å². The van der Waals surface area contributed by atoms with Crippen LogP contribution in [-0.4, -0.2) is 62.8 Å². The predicted octanol–water partition coefficient (Wildman–Crippen LogP) is 0.713. The van der Waals surface area contributed by atoms with E-state index in [1.807, 2.05) is 6.26 Å². The summed E-state index contributed by atoms with van der Waals surface area (Å²) in [5.74, 6) is -0.642. The standard InChI is InChI=1S/C15H22FN3O6S/c1-8-10(20)11(21)13(25-8)19-7-9(16)12(17-14(19)22)18-15(23)24-5-3-4-6-26-2/h7-8,10-11,13,20-21H,3-6H2,1-2H3,(H,17,18,22,23). The van der Waals surface area contributed by atoms with Gasteiger partial charge in [0.15, 0.2) is 17.9 Å². The van der Waals surface area contributed by atoms with Gasteiger partial charge in [-0.25, -0.2) is 14.0 Å². The Kier molecular flexibility index (Phi) is 7.38. The van der Waals surface area contributed by atoms with Gasteiger partial charge in [0.2, 0.25) is 0 Å². The summed E-state index contributed by atoms with van der Waals surface area (Å²) in [4.78, 5) is 27.1. The maximum absolute atomic E-state index is 14.2. The molecule has 0 bridgehead atoms. The van der Waals surface area contributed by atoms with Gasteiger partial charge in [0.05, 0.1) is 18.9 Å². The highest BCUT2D eigenvalue weighted by molar-refractivity contribution is 7.98. The number of aliphatic hydroxyl groups excluding tert-OH is 2. The molecule has 1 saturated heterocycles. The number of thioether (sulfide) groups is 1. The molecule has 1 aromatic rings. The Morgan fingerprint density at radius 3 is 2.81 bits per heavy atom. The van der Waals surface area contributed by atoms with Crippen LogP contribution in [0.1, 0.15) is 26.0 Å².